The number of allylic oxidation sites excluding steroid dienone is 1. The van der Waals surface area contributed by atoms with Gasteiger partial charge >= 0.3 is 0 Å². The maximum atomic E-state index is 11.3. The average Bonchev–Trinajstić information content (AvgIpc) is 2.13. The molecule has 3 nitrogen and oxygen atoms in total. The molecule has 0 aromatic heterocycles. The van der Waals surface area contributed by atoms with Crippen molar-refractivity contribution in [2.75, 3.05) is 13.1 Å². The van der Waals surface area contributed by atoms with Crippen LogP contribution in [0.2, 0.25) is 0 Å². The van der Waals surface area contributed by atoms with Crippen LogP contribution < -0.4 is 10.6 Å². The third kappa shape index (κ3) is 6.43. The van der Waals surface area contributed by atoms with Crippen LogP contribution in [-0.4, -0.2) is 25.0 Å². The van der Waals surface area contributed by atoms with Crippen molar-refractivity contribution < 1.29 is 4.79 Å². The van der Waals surface area contributed by atoms with Crippen LogP contribution in [0.4, 0.5) is 0 Å². The third-order valence-corrected chi connectivity index (χ3v) is 1.75. The highest BCUT2D eigenvalue weighted by molar-refractivity contribution is 5.81. The second-order valence-electron chi connectivity index (χ2n) is 3.45. The maximum Gasteiger partial charge on any atom is 0.237 e. The number of amides is 1. The van der Waals surface area contributed by atoms with Crippen LogP contribution in [0.25, 0.3) is 0 Å². The highest BCUT2D eigenvalue weighted by atomic mass is 16.2. The number of carbonyl (C=O) groups excluding carboxylic acids is 1. The molecule has 0 fully saturated rings. The molecule has 1 unspecified atom stereocenters. The fourth-order valence-electron chi connectivity index (χ4n) is 0.858. The van der Waals surface area contributed by atoms with Crippen molar-refractivity contribution in [2.24, 2.45) is 0 Å². The molecule has 0 aromatic carbocycles. The fourth-order valence-corrected chi connectivity index (χ4v) is 0.858. The van der Waals surface area contributed by atoms with Crippen molar-refractivity contribution in [3.63, 3.8) is 0 Å². The topological polar surface area (TPSA) is 41.1 Å². The lowest BCUT2D eigenvalue weighted by Gasteiger charge is -2.11. The lowest BCUT2D eigenvalue weighted by atomic mass is 10.3. The van der Waals surface area contributed by atoms with Gasteiger partial charge in [-0.05, 0) is 20.8 Å². The normalized spacial score (nSPS) is 11.6. The number of rotatable bonds is 6. The molecular formula is C11H20N2O. The number of hydrogen-bond donors (Lipinski definition) is 2. The minimum Gasteiger partial charge on any atom is -0.351 e. The standard InChI is InChI=1S/C11H20N2O/c1-5-7-13-11(14)10(4)12-8-6-9(2)3/h5-6,10,12H,1,7-8H2,2-4H3,(H,13,14). The van der Waals surface area contributed by atoms with E-state index < -0.39 is 0 Å². The fraction of sp³-hybridized carbons (Fsp3) is 0.545. The first-order valence-electron chi connectivity index (χ1n) is 4.83. The highest BCUT2D eigenvalue weighted by Gasteiger charge is 2.08. The number of nitrogens with one attached hydrogen (secondary N) is 2. The van der Waals surface area contributed by atoms with Gasteiger partial charge in [0.2, 0.25) is 5.91 Å². The molecule has 0 saturated carbocycles. The van der Waals surface area contributed by atoms with Crippen LogP contribution in [0, 0.1) is 0 Å². The van der Waals surface area contributed by atoms with Gasteiger partial charge in [-0.1, -0.05) is 17.7 Å². The summed E-state index contributed by atoms with van der Waals surface area (Å²) in [6.45, 7) is 10.7. The first kappa shape index (κ1) is 12.9. The van der Waals surface area contributed by atoms with Crippen molar-refractivity contribution >= 4 is 5.91 Å². The van der Waals surface area contributed by atoms with Gasteiger partial charge in [0.15, 0.2) is 0 Å². The van der Waals surface area contributed by atoms with Gasteiger partial charge in [0, 0.05) is 13.1 Å². The van der Waals surface area contributed by atoms with Crippen molar-refractivity contribution in [1.82, 2.24) is 10.6 Å². The number of hydrogen-bond acceptors (Lipinski definition) is 2. The van der Waals surface area contributed by atoms with Crippen molar-refractivity contribution in [3.05, 3.63) is 24.3 Å². The van der Waals surface area contributed by atoms with Crippen molar-refractivity contribution in [2.45, 2.75) is 26.8 Å². The van der Waals surface area contributed by atoms with Gasteiger partial charge in [-0.25, -0.2) is 0 Å². The Bertz CT molecular complexity index is 217. The van der Waals surface area contributed by atoms with Crippen LogP contribution in [0.5, 0.6) is 0 Å². The molecule has 2 N–H and O–H groups in total. The monoisotopic (exact) mass is 196 g/mol. The summed E-state index contributed by atoms with van der Waals surface area (Å²) in [6.07, 6.45) is 3.72. The Morgan fingerprint density at radius 3 is 2.57 bits per heavy atom. The zero-order chi connectivity index (χ0) is 11.0. The Morgan fingerprint density at radius 1 is 1.43 bits per heavy atom. The largest absolute Gasteiger partial charge is 0.351 e. The Labute approximate surface area is 86.3 Å². The van der Waals surface area contributed by atoms with Crippen LogP contribution in [0.3, 0.4) is 0 Å². The zero-order valence-corrected chi connectivity index (χ0v) is 9.26. The molecule has 0 aliphatic rings. The molecular weight excluding hydrogens is 176 g/mol. The van der Waals surface area contributed by atoms with E-state index >= 15 is 0 Å². The van der Waals surface area contributed by atoms with Crippen molar-refractivity contribution in [3.8, 4) is 0 Å². The summed E-state index contributed by atoms with van der Waals surface area (Å²) in [7, 11) is 0. The molecule has 3 heteroatoms. The molecule has 0 radical (unpaired) electrons. The molecule has 1 amide bonds. The summed E-state index contributed by atoms with van der Waals surface area (Å²) in [5.74, 6) is 0.00653. The van der Waals surface area contributed by atoms with E-state index in [1.165, 1.54) is 5.57 Å². The van der Waals surface area contributed by atoms with E-state index in [9.17, 15) is 4.79 Å². The SMILES string of the molecule is C=CCNC(=O)C(C)NCC=C(C)C. The molecule has 0 aliphatic heterocycles. The molecule has 0 heterocycles. The molecule has 1 atom stereocenters. The van der Waals surface area contributed by atoms with Crippen molar-refractivity contribution in [1.29, 1.82) is 0 Å². The second-order valence-corrected chi connectivity index (χ2v) is 3.45. The summed E-state index contributed by atoms with van der Waals surface area (Å²) >= 11 is 0. The number of carbonyl (C=O) groups is 1. The molecule has 0 bridgehead atoms. The van der Waals surface area contributed by atoms with E-state index in [2.05, 4.69) is 23.3 Å². The van der Waals surface area contributed by atoms with Gasteiger partial charge in [-0.15, -0.1) is 6.58 Å². The lowest BCUT2D eigenvalue weighted by Crippen LogP contribution is -2.42. The summed E-state index contributed by atoms with van der Waals surface area (Å²) in [5, 5.41) is 5.83. The van der Waals surface area contributed by atoms with Gasteiger partial charge in [0.05, 0.1) is 6.04 Å². The molecule has 0 rings (SSSR count). The zero-order valence-electron chi connectivity index (χ0n) is 9.26. The van der Waals surface area contributed by atoms with Crippen LogP contribution in [0.15, 0.2) is 24.3 Å². The van der Waals surface area contributed by atoms with Gasteiger partial charge in [-0.3, -0.25) is 4.79 Å². The molecule has 0 aromatic rings. The lowest BCUT2D eigenvalue weighted by molar-refractivity contribution is -0.122. The molecule has 0 spiro atoms. The quantitative estimate of drug-likeness (QED) is 0.627. The Balaban J connectivity index is 3.72. The van der Waals surface area contributed by atoms with Crippen LogP contribution >= 0.6 is 0 Å². The average molecular weight is 196 g/mol. The van der Waals surface area contributed by atoms with E-state index in [-0.39, 0.29) is 11.9 Å². The molecule has 0 aliphatic carbocycles. The maximum absolute atomic E-state index is 11.3. The first-order valence-corrected chi connectivity index (χ1v) is 4.83. The van der Waals surface area contributed by atoms with Gasteiger partial charge < -0.3 is 10.6 Å². The highest BCUT2D eigenvalue weighted by Crippen LogP contribution is 1.87. The minimum atomic E-state index is -0.162. The molecule has 14 heavy (non-hydrogen) atoms. The van der Waals surface area contributed by atoms with Crippen LogP contribution in [0.1, 0.15) is 20.8 Å². The predicted octanol–water partition coefficient (Wildman–Crippen LogP) is 1.23. The van der Waals surface area contributed by atoms with E-state index in [1.807, 2.05) is 20.8 Å². The van der Waals surface area contributed by atoms with Gasteiger partial charge in [0.1, 0.15) is 0 Å². The van der Waals surface area contributed by atoms with E-state index in [1.54, 1.807) is 6.08 Å². The van der Waals surface area contributed by atoms with E-state index in [0.29, 0.717) is 6.54 Å². The minimum absolute atomic E-state index is 0.00653. The summed E-state index contributed by atoms with van der Waals surface area (Å²) in [4.78, 5) is 11.3. The van der Waals surface area contributed by atoms with Gasteiger partial charge in [0.25, 0.3) is 0 Å². The van der Waals surface area contributed by atoms with Crippen LogP contribution in [-0.2, 0) is 4.79 Å². The van der Waals surface area contributed by atoms with Gasteiger partial charge in [-0.2, -0.15) is 0 Å². The Hall–Kier alpha value is -1.09. The molecule has 80 valence electrons. The summed E-state index contributed by atoms with van der Waals surface area (Å²) < 4.78 is 0. The second kappa shape index (κ2) is 7.33. The summed E-state index contributed by atoms with van der Waals surface area (Å²) in [5.41, 5.74) is 1.25. The third-order valence-electron chi connectivity index (χ3n) is 1.75. The smallest absolute Gasteiger partial charge is 0.237 e. The Morgan fingerprint density at radius 2 is 2.07 bits per heavy atom. The van der Waals surface area contributed by atoms with E-state index in [4.69, 9.17) is 0 Å². The Kier molecular flexibility index (Phi) is 6.76. The van der Waals surface area contributed by atoms with E-state index in [0.717, 1.165) is 6.54 Å². The first-order chi connectivity index (χ1) is 6.57. The predicted molar refractivity (Wildman–Crippen MR) is 60.1 cm³/mol. The summed E-state index contributed by atoms with van der Waals surface area (Å²) in [6, 6.07) is -0.162. The molecule has 0 saturated heterocycles.